The van der Waals surface area contributed by atoms with Gasteiger partial charge in [-0.05, 0) is 24.7 Å². The first-order valence-electron chi connectivity index (χ1n) is 8.56. The summed E-state index contributed by atoms with van der Waals surface area (Å²) in [6, 6.07) is 0. The molecule has 2 heterocycles. The number of rotatable bonds is 5. The van der Waals surface area contributed by atoms with Crippen LogP contribution in [-0.4, -0.2) is 45.9 Å². The summed E-state index contributed by atoms with van der Waals surface area (Å²) in [5, 5.41) is 14.2. The summed E-state index contributed by atoms with van der Waals surface area (Å²) in [6.07, 6.45) is 2.49. The van der Waals surface area contributed by atoms with Crippen LogP contribution in [0.25, 0.3) is 0 Å². The number of anilines is 1. The molecule has 2 N–H and O–H groups in total. The average molecular weight is 365 g/mol. The van der Waals surface area contributed by atoms with E-state index in [0.29, 0.717) is 23.9 Å². The number of carbonyl (C=O) groups excluding carboxylic acids is 2. The molecule has 1 aliphatic carbocycles. The molecule has 7 nitrogen and oxygen atoms in total. The van der Waals surface area contributed by atoms with Gasteiger partial charge in [-0.2, -0.15) is 0 Å². The minimum atomic E-state index is -0.710. The van der Waals surface area contributed by atoms with Crippen LogP contribution in [0.1, 0.15) is 38.8 Å². The number of piperidine rings is 1. The number of nitrogens with one attached hydrogen (secondary N) is 1. The number of carbonyl (C=O) groups is 3. The first-order valence-corrected chi connectivity index (χ1v) is 9.44. The molecule has 1 aromatic rings. The van der Waals surface area contributed by atoms with Crippen LogP contribution < -0.4 is 5.32 Å². The van der Waals surface area contributed by atoms with Gasteiger partial charge in [0.05, 0.1) is 18.0 Å². The molecule has 136 valence electrons. The summed E-state index contributed by atoms with van der Waals surface area (Å²) >= 11 is 1.32. The first kappa shape index (κ1) is 17.8. The molecule has 3 rings (SSSR count). The van der Waals surface area contributed by atoms with Crippen LogP contribution in [0, 0.1) is 17.3 Å². The van der Waals surface area contributed by atoms with E-state index in [1.54, 1.807) is 10.3 Å². The number of thiazole rings is 1. The lowest BCUT2D eigenvalue weighted by molar-refractivity contribution is -0.139. The molecule has 0 bridgehead atoms. The number of aromatic nitrogens is 1. The predicted molar refractivity (Wildman–Crippen MR) is 93.3 cm³/mol. The van der Waals surface area contributed by atoms with E-state index in [1.807, 2.05) is 13.8 Å². The molecule has 1 aromatic heterocycles. The lowest BCUT2D eigenvalue weighted by atomic mass is 9.90. The highest BCUT2D eigenvalue weighted by Gasteiger charge is 2.59. The summed E-state index contributed by atoms with van der Waals surface area (Å²) in [4.78, 5) is 41.3. The van der Waals surface area contributed by atoms with Gasteiger partial charge in [-0.1, -0.05) is 13.8 Å². The highest BCUT2D eigenvalue weighted by atomic mass is 32.1. The molecular formula is C17H23N3O4S. The second kappa shape index (κ2) is 6.74. The van der Waals surface area contributed by atoms with Crippen LogP contribution in [0.2, 0.25) is 0 Å². The molecule has 1 atom stereocenters. The van der Waals surface area contributed by atoms with Gasteiger partial charge in [0.25, 0.3) is 0 Å². The van der Waals surface area contributed by atoms with Crippen LogP contribution in [0.5, 0.6) is 0 Å². The van der Waals surface area contributed by atoms with Crippen molar-refractivity contribution in [2.24, 2.45) is 17.3 Å². The fourth-order valence-corrected chi connectivity index (χ4v) is 4.13. The minimum Gasteiger partial charge on any atom is -0.481 e. The Bertz CT molecular complexity index is 692. The van der Waals surface area contributed by atoms with Crippen molar-refractivity contribution in [3.05, 3.63) is 11.1 Å². The van der Waals surface area contributed by atoms with Crippen molar-refractivity contribution in [1.29, 1.82) is 0 Å². The minimum absolute atomic E-state index is 0.00871. The molecule has 1 spiro atoms. The highest BCUT2D eigenvalue weighted by molar-refractivity contribution is 7.13. The van der Waals surface area contributed by atoms with Gasteiger partial charge in [0.15, 0.2) is 5.13 Å². The van der Waals surface area contributed by atoms with Crippen LogP contribution in [-0.2, 0) is 20.8 Å². The maximum Gasteiger partial charge on any atom is 0.307 e. The lowest BCUT2D eigenvalue weighted by Crippen LogP contribution is -2.40. The maximum absolute atomic E-state index is 12.4. The van der Waals surface area contributed by atoms with Crippen LogP contribution in [0.3, 0.4) is 0 Å². The molecule has 25 heavy (non-hydrogen) atoms. The van der Waals surface area contributed by atoms with Crippen LogP contribution >= 0.6 is 11.3 Å². The lowest BCUT2D eigenvalue weighted by Gasteiger charge is -2.32. The number of amides is 2. The van der Waals surface area contributed by atoms with Gasteiger partial charge in [-0.25, -0.2) is 4.98 Å². The second-order valence-corrected chi connectivity index (χ2v) is 8.16. The number of carboxylic acids is 1. The van der Waals surface area contributed by atoms with Crippen LogP contribution in [0.4, 0.5) is 5.13 Å². The van der Waals surface area contributed by atoms with Gasteiger partial charge in [0, 0.05) is 24.4 Å². The SMILES string of the molecule is CC(C)C(=O)Nc1nc(CC(=O)N2CCC3(CC2)CC3C(=O)O)cs1. The maximum atomic E-state index is 12.4. The third kappa shape index (κ3) is 3.84. The number of likely N-dealkylation sites (tertiary alicyclic amines) is 1. The molecule has 2 fully saturated rings. The summed E-state index contributed by atoms with van der Waals surface area (Å²) in [6.45, 7) is 4.85. The predicted octanol–water partition coefficient (Wildman–Crippen LogP) is 1.99. The quantitative estimate of drug-likeness (QED) is 0.831. The zero-order valence-corrected chi connectivity index (χ0v) is 15.3. The Morgan fingerprint density at radius 3 is 2.64 bits per heavy atom. The molecule has 1 saturated carbocycles. The number of nitrogens with zero attached hydrogens (tertiary/aromatic N) is 2. The zero-order chi connectivity index (χ0) is 18.2. The van der Waals surface area contributed by atoms with Crippen molar-refractivity contribution >= 4 is 34.3 Å². The van der Waals surface area contributed by atoms with E-state index >= 15 is 0 Å². The Balaban J connectivity index is 1.50. The summed E-state index contributed by atoms with van der Waals surface area (Å²) in [5.74, 6) is -1.14. The van der Waals surface area contributed by atoms with Crippen molar-refractivity contribution in [2.45, 2.75) is 39.5 Å². The standard InChI is InChI=1S/C17H23N3O4S/c1-10(2)14(22)19-16-18-11(9-25-16)7-13(21)20-5-3-17(4-6-20)8-12(17)15(23)24/h9-10,12H,3-8H2,1-2H3,(H,23,24)(H,18,19,22). The molecule has 0 radical (unpaired) electrons. The fraction of sp³-hybridized carbons (Fsp3) is 0.647. The Hall–Kier alpha value is -1.96. The molecule has 2 aliphatic rings. The van der Waals surface area contributed by atoms with E-state index in [1.165, 1.54) is 11.3 Å². The van der Waals surface area contributed by atoms with Crippen molar-refractivity contribution in [2.75, 3.05) is 18.4 Å². The average Bonchev–Trinajstić information content (AvgIpc) is 3.08. The summed E-state index contributed by atoms with van der Waals surface area (Å²) in [5.41, 5.74) is 0.585. The van der Waals surface area contributed by atoms with Crippen molar-refractivity contribution in [3.8, 4) is 0 Å². The number of carboxylic acid groups (broad SMARTS) is 1. The Morgan fingerprint density at radius 1 is 1.40 bits per heavy atom. The van der Waals surface area contributed by atoms with E-state index in [2.05, 4.69) is 10.3 Å². The highest BCUT2D eigenvalue weighted by Crippen LogP contribution is 2.59. The van der Waals surface area contributed by atoms with Crippen molar-refractivity contribution in [1.82, 2.24) is 9.88 Å². The van der Waals surface area contributed by atoms with Crippen molar-refractivity contribution < 1.29 is 19.5 Å². The van der Waals surface area contributed by atoms with Gasteiger partial charge in [-0.3, -0.25) is 14.4 Å². The largest absolute Gasteiger partial charge is 0.481 e. The molecule has 1 saturated heterocycles. The zero-order valence-electron chi connectivity index (χ0n) is 14.4. The van der Waals surface area contributed by atoms with E-state index in [0.717, 1.165) is 19.3 Å². The van der Waals surface area contributed by atoms with Gasteiger partial charge in [-0.15, -0.1) is 11.3 Å². The Morgan fingerprint density at radius 2 is 2.08 bits per heavy atom. The van der Waals surface area contributed by atoms with Crippen LogP contribution in [0.15, 0.2) is 5.38 Å². The molecule has 2 amide bonds. The number of hydrogen-bond donors (Lipinski definition) is 2. The fourth-order valence-electron chi connectivity index (χ4n) is 3.41. The van der Waals surface area contributed by atoms with E-state index in [4.69, 9.17) is 5.11 Å². The summed E-state index contributed by atoms with van der Waals surface area (Å²) in [7, 11) is 0. The van der Waals surface area contributed by atoms with Gasteiger partial charge >= 0.3 is 5.97 Å². The molecule has 1 aliphatic heterocycles. The van der Waals surface area contributed by atoms with Gasteiger partial charge in [0.2, 0.25) is 11.8 Å². The third-order valence-corrected chi connectivity index (χ3v) is 6.04. The van der Waals surface area contributed by atoms with Gasteiger partial charge in [0.1, 0.15) is 0 Å². The summed E-state index contributed by atoms with van der Waals surface area (Å²) < 4.78 is 0. The Labute approximate surface area is 150 Å². The second-order valence-electron chi connectivity index (χ2n) is 7.30. The molecule has 1 unspecified atom stereocenters. The molecule has 8 heteroatoms. The number of hydrogen-bond acceptors (Lipinski definition) is 5. The van der Waals surface area contributed by atoms with E-state index in [-0.39, 0.29) is 35.5 Å². The first-order chi connectivity index (χ1) is 11.8. The van der Waals surface area contributed by atoms with Gasteiger partial charge < -0.3 is 15.3 Å². The molecule has 0 aromatic carbocycles. The van der Waals surface area contributed by atoms with E-state index in [9.17, 15) is 14.4 Å². The monoisotopic (exact) mass is 365 g/mol. The molecular weight excluding hydrogens is 342 g/mol. The Kier molecular flexibility index (Phi) is 4.81. The third-order valence-electron chi connectivity index (χ3n) is 5.24. The topological polar surface area (TPSA) is 99.6 Å². The van der Waals surface area contributed by atoms with Crippen molar-refractivity contribution in [3.63, 3.8) is 0 Å². The smallest absolute Gasteiger partial charge is 0.307 e. The normalized spacial score (nSPS) is 21.4. The van der Waals surface area contributed by atoms with E-state index < -0.39 is 5.97 Å². The number of aliphatic carboxylic acids is 1.